The van der Waals surface area contributed by atoms with Crippen molar-refractivity contribution in [1.82, 2.24) is 10.2 Å². The first-order valence-corrected chi connectivity index (χ1v) is 5.85. The van der Waals surface area contributed by atoms with Crippen molar-refractivity contribution in [3.63, 3.8) is 0 Å². The number of benzene rings is 1. The molecule has 0 bridgehead atoms. The molecule has 76 valence electrons. The molecule has 2 aromatic rings. The number of hydrogen-bond donors (Lipinski definition) is 0. The first kappa shape index (κ1) is 10.3. The van der Waals surface area contributed by atoms with Gasteiger partial charge in [-0.2, -0.15) is 0 Å². The first-order chi connectivity index (χ1) is 7.38. The van der Waals surface area contributed by atoms with Gasteiger partial charge in [-0.25, -0.2) is 0 Å². The minimum absolute atomic E-state index is 0.427. The summed E-state index contributed by atoms with van der Waals surface area (Å²) in [7, 11) is 0. The van der Waals surface area contributed by atoms with Crippen molar-refractivity contribution < 1.29 is 0 Å². The van der Waals surface area contributed by atoms with E-state index < -0.39 is 0 Å². The van der Waals surface area contributed by atoms with Gasteiger partial charge in [-0.1, -0.05) is 47.7 Å². The zero-order chi connectivity index (χ0) is 10.5. The first-order valence-electron chi connectivity index (χ1n) is 4.50. The molecule has 0 spiro atoms. The van der Waals surface area contributed by atoms with Crippen LogP contribution < -0.4 is 0 Å². The van der Waals surface area contributed by atoms with Crippen molar-refractivity contribution in [2.75, 3.05) is 0 Å². The van der Waals surface area contributed by atoms with Crippen molar-refractivity contribution in [3.05, 3.63) is 45.9 Å². The van der Waals surface area contributed by atoms with E-state index in [2.05, 4.69) is 10.2 Å². The van der Waals surface area contributed by atoms with Gasteiger partial charge in [0.1, 0.15) is 10.0 Å². The molecule has 0 aliphatic heterocycles. The topological polar surface area (TPSA) is 25.8 Å². The zero-order valence-corrected chi connectivity index (χ0v) is 9.50. The third-order valence-electron chi connectivity index (χ3n) is 1.81. The lowest BCUT2D eigenvalue weighted by Gasteiger charge is -1.88. The monoisotopic (exact) mass is 236 g/mol. The Bertz CT molecular complexity index is 451. The molecule has 0 unspecified atom stereocenters. The van der Waals surface area contributed by atoms with Crippen molar-refractivity contribution in [2.45, 2.75) is 5.88 Å². The Morgan fingerprint density at radius 3 is 2.60 bits per heavy atom. The summed E-state index contributed by atoms with van der Waals surface area (Å²) in [6, 6.07) is 10.1. The molecule has 0 radical (unpaired) electrons. The summed E-state index contributed by atoms with van der Waals surface area (Å²) in [5, 5.41) is 9.67. The third kappa shape index (κ3) is 2.88. The normalized spacial score (nSPS) is 11.0. The van der Waals surface area contributed by atoms with Gasteiger partial charge in [0.2, 0.25) is 0 Å². The maximum atomic E-state index is 5.64. The highest BCUT2D eigenvalue weighted by Gasteiger charge is 1.98. The van der Waals surface area contributed by atoms with Crippen molar-refractivity contribution >= 4 is 35.1 Å². The summed E-state index contributed by atoms with van der Waals surface area (Å²) in [6.07, 6.45) is 3.96. The van der Waals surface area contributed by atoms with E-state index >= 15 is 0 Å². The van der Waals surface area contributed by atoms with Crippen LogP contribution in [0.2, 0.25) is 0 Å². The molecule has 0 atom stereocenters. The summed E-state index contributed by atoms with van der Waals surface area (Å²) in [5.74, 6) is 0.427. The Morgan fingerprint density at radius 2 is 1.93 bits per heavy atom. The lowest BCUT2D eigenvalue weighted by Crippen LogP contribution is -1.74. The van der Waals surface area contributed by atoms with Gasteiger partial charge in [-0.15, -0.1) is 21.8 Å². The van der Waals surface area contributed by atoms with E-state index in [0.29, 0.717) is 5.88 Å². The number of alkyl halides is 1. The average Bonchev–Trinajstić information content (AvgIpc) is 2.76. The van der Waals surface area contributed by atoms with E-state index in [1.807, 2.05) is 42.5 Å². The molecule has 0 N–H and O–H groups in total. The Balaban J connectivity index is 2.11. The van der Waals surface area contributed by atoms with E-state index in [1.54, 1.807) is 0 Å². The summed E-state index contributed by atoms with van der Waals surface area (Å²) in [5.41, 5.74) is 1.15. The molecule has 2 rings (SSSR count). The summed E-state index contributed by atoms with van der Waals surface area (Å²) in [4.78, 5) is 0. The van der Waals surface area contributed by atoms with E-state index in [1.165, 1.54) is 11.3 Å². The molecule has 2 nitrogen and oxygen atoms in total. The number of aromatic nitrogens is 2. The van der Waals surface area contributed by atoms with Crippen LogP contribution in [-0.2, 0) is 5.88 Å². The van der Waals surface area contributed by atoms with Crippen molar-refractivity contribution in [2.24, 2.45) is 0 Å². The highest BCUT2D eigenvalue weighted by atomic mass is 35.5. The molecule has 1 aromatic carbocycles. The van der Waals surface area contributed by atoms with Crippen LogP contribution in [0, 0.1) is 0 Å². The van der Waals surface area contributed by atoms with Gasteiger partial charge in [0, 0.05) is 0 Å². The summed E-state index contributed by atoms with van der Waals surface area (Å²) in [6.45, 7) is 0. The molecule has 1 heterocycles. The minimum atomic E-state index is 0.427. The fraction of sp³-hybridized carbons (Fsp3) is 0.0909. The second kappa shape index (κ2) is 5.05. The van der Waals surface area contributed by atoms with Crippen LogP contribution in [0.5, 0.6) is 0 Å². The molecule has 0 aliphatic rings. The molecular formula is C11H9ClN2S. The van der Waals surface area contributed by atoms with E-state index in [0.717, 1.165) is 15.6 Å². The maximum absolute atomic E-state index is 5.64. The van der Waals surface area contributed by atoms with Crippen molar-refractivity contribution in [1.29, 1.82) is 0 Å². The fourth-order valence-electron chi connectivity index (χ4n) is 1.12. The second-order valence-corrected chi connectivity index (χ2v) is 4.27. The molecule has 0 amide bonds. The number of halogens is 1. The molecule has 15 heavy (non-hydrogen) atoms. The smallest absolute Gasteiger partial charge is 0.140 e. The summed E-state index contributed by atoms with van der Waals surface area (Å²) < 4.78 is 0. The summed E-state index contributed by atoms with van der Waals surface area (Å²) >= 11 is 7.15. The van der Waals surface area contributed by atoms with E-state index in [-0.39, 0.29) is 0 Å². The van der Waals surface area contributed by atoms with Crippen LogP contribution in [0.1, 0.15) is 15.6 Å². The van der Waals surface area contributed by atoms with Gasteiger partial charge in [0.05, 0.1) is 5.88 Å². The highest BCUT2D eigenvalue weighted by Crippen LogP contribution is 2.14. The lowest BCUT2D eigenvalue weighted by molar-refractivity contribution is 1.03. The number of nitrogens with zero attached hydrogens (tertiary/aromatic N) is 2. The van der Waals surface area contributed by atoms with Crippen molar-refractivity contribution in [3.8, 4) is 0 Å². The molecule has 4 heteroatoms. The van der Waals surface area contributed by atoms with E-state index in [4.69, 9.17) is 11.6 Å². The van der Waals surface area contributed by atoms with Gasteiger partial charge in [0.15, 0.2) is 0 Å². The molecule has 1 aromatic heterocycles. The largest absolute Gasteiger partial charge is 0.142 e. The quantitative estimate of drug-likeness (QED) is 0.763. The number of hydrogen-bond acceptors (Lipinski definition) is 3. The van der Waals surface area contributed by atoms with Gasteiger partial charge in [-0.05, 0) is 11.6 Å². The fourth-order valence-corrected chi connectivity index (χ4v) is 1.93. The van der Waals surface area contributed by atoms with Crippen LogP contribution in [0.25, 0.3) is 12.2 Å². The van der Waals surface area contributed by atoms with Gasteiger partial charge >= 0.3 is 0 Å². The molecule has 0 aliphatic carbocycles. The van der Waals surface area contributed by atoms with Gasteiger partial charge in [-0.3, -0.25) is 0 Å². The van der Waals surface area contributed by atoms with Crippen LogP contribution in [0.15, 0.2) is 30.3 Å². The standard InChI is InChI=1S/C11H9ClN2S/c12-8-11-14-13-10(15-11)7-6-9-4-2-1-3-5-9/h1-7H,8H2/b7-6+. The van der Waals surface area contributed by atoms with Gasteiger partial charge < -0.3 is 0 Å². The predicted molar refractivity (Wildman–Crippen MR) is 64.8 cm³/mol. The Morgan fingerprint density at radius 1 is 1.13 bits per heavy atom. The second-order valence-electron chi connectivity index (χ2n) is 2.91. The number of rotatable bonds is 3. The third-order valence-corrected chi connectivity index (χ3v) is 3.11. The molecule has 0 saturated heterocycles. The molecule has 0 saturated carbocycles. The lowest BCUT2D eigenvalue weighted by atomic mass is 10.2. The van der Waals surface area contributed by atoms with Crippen LogP contribution in [0.3, 0.4) is 0 Å². The highest BCUT2D eigenvalue weighted by molar-refractivity contribution is 7.12. The Hall–Kier alpha value is -1.19. The SMILES string of the molecule is ClCc1nnc(/C=C/c2ccccc2)s1. The van der Waals surface area contributed by atoms with Crippen LogP contribution in [0.4, 0.5) is 0 Å². The van der Waals surface area contributed by atoms with Crippen LogP contribution in [-0.4, -0.2) is 10.2 Å². The minimum Gasteiger partial charge on any atom is -0.142 e. The van der Waals surface area contributed by atoms with Crippen LogP contribution >= 0.6 is 22.9 Å². The Labute approximate surface area is 97.2 Å². The van der Waals surface area contributed by atoms with Gasteiger partial charge in [0.25, 0.3) is 0 Å². The maximum Gasteiger partial charge on any atom is 0.140 e. The predicted octanol–water partition coefficient (Wildman–Crippen LogP) is 3.45. The molecule has 0 fully saturated rings. The average molecular weight is 237 g/mol. The zero-order valence-electron chi connectivity index (χ0n) is 7.93. The molecular weight excluding hydrogens is 228 g/mol. The Kier molecular flexibility index (Phi) is 3.48. The van der Waals surface area contributed by atoms with E-state index in [9.17, 15) is 0 Å².